The summed E-state index contributed by atoms with van der Waals surface area (Å²) in [4.78, 5) is 24.5. The van der Waals surface area contributed by atoms with E-state index in [0.717, 1.165) is 45.1 Å². The first-order chi connectivity index (χ1) is 10.1. The van der Waals surface area contributed by atoms with Gasteiger partial charge in [-0.3, -0.25) is 4.79 Å². The fourth-order valence-electron chi connectivity index (χ4n) is 3.01. The Morgan fingerprint density at radius 1 is 1.10 bits per heavy atom. The molecular formula is C16H30N2O3. The summed E-state index contributed by atoms with van der Waals surface area (Å²) in [5.41, 5.74) is 0. The van der Waals surface area contributed by atoms with Gasteiger partial charge in [-0.1, -0.05) is 32.1 Å². The normalized spacial score (nSPS) is 15.7. The first-order valence-electron chi connectivity index (χ1n) is 8.41. The summed E-state index contributed by atoms with van der Waals surface area (Å²) in [6.07, 6.45) is 9.83. The third kappa shape index (κ3) is 7.34. The number of rotatable bonds is 9. The fraction of sp³-hybridized carbons (Fsp3) is 0.875. The second-order valence-corrected chi connectivity index (χ2v) is 5.87. The van der Waals surface area contributed by atoms with Crippen LogP contribution in [0.25, 0.3) is 0 Å². The molecule has 1 aliphatic carbocycles. The highest BCUT2D eigenvalue weighted by atomic mass is 16.4. The number of unbranched alkanes of at least 4 members (excludes halogenated alkanes) is 3. The molecule has 5 heteroatoms. The number of carbonyl (C=O) groups excluding carboxylic acids is 1. The van der Waals surface area contributed by atoms with Crippen LogP contribution in [0.2, 0.25) is 0 Å². The Kier molecular flexibility index (Phi) is 8.87. The molecule has 0 radical (unpaired) electrons. The smallest absolute Gasteiger partial charge is 0.317 e. The molecule has 0 aromatic rings. The molecule has 1 rings (SSSR count). The van der Waals surface area contributed by atoms with E-state index in [2.05, 4.69) is 5.32 Å². The highest BCUT2D eigenvalue weighted by molar-refractivity contribution is 5.74. The number of hydrogen-bond donors (Lipinski definition) is 2. The van der Waals surface area contributed by atoms with E-state index in [0.29, 0.717) is 12.6 Å². The number of carboxylic acid groups (broad SMARTS) is 1. The molecule has 0 spiro atoms. The molecule has 0 aromatic heterocycles. The Balaban J connectivity index is 2.12. The largest absolute Gasteiger partial charge is 0.481 e. The predicted octanol–water partition coefficient (Wildman–Crippen LogP) is 3.39. The zero-order valence-electron chi connectivity index (χ0n) is 13.3. The standard InChI is InChI=1S/C16H30N2O3/c1-2-18(14-10-6-5-7-11-14)16(21)17-13-9-4-3-8-12-15(19)20/h14H,2-13H2,1H3,(H,17,21)(H,19,20). The summed E-state index contributed by atoms with van der Waals surface area (Å²) in [5, 5.41) is 11.5. The van der Waals surface area contributed by atoms with Gasteiger partial charge in [-0.15, -0.1) is 0 Å². The minimum absolute atomic E-state index is 0.0648. The van der Waals surface area contributed by atoms with Crippen LogP contribution in [-0.4, -0.2) is 41.1 Å². The monoisotopic (exact) mass is 298 g/mol. The van der Waals surface area contributed by atoms with E-state index in [4.69, 9.17) is 5.11 Å². The molecule has 0 unspecified atom stereocenters. The topological polar surface area (TPSA) is 69.6 Å². The summed E-state index contributed by atoms with van der Waals surface area (Å²) in [6, 6.07) is 0.481. The van der Waals surface area contributed by atoms with Gasteiger partial charge in [0, 0.05) is 25.6 Å². The highest BCUT2D eigenvalue weighted by Gasteiger charge is 2.23. The molecule has 0 aromatic carbocycles. The first kappa shape index (κ1) is 17.8. The van der Waals surface area contributed by atoms with Gasteiger partial charge < -0.3 is 15.3 Å². The summed E-state index contributed by atoms with van der Waals surface area (Å²) in [5.74, 6) is -0.727. The number of carbonyl (C=O) groups is 2. The van der Waals surface area contributed by atoms with Crippen molar-refractivity contribution in [2.24, 2.45) is 0 Å². The Hall–Kier alpha value is -1.26. The van der Waals surface area contributed by atoms with Crippen molar-refractivity contribution in [1.82, 2.24) is 10.2 Å². The molecule has 0 atom stereocenters. The molecular weight excluding hydrogens is 268 g/mol. The molecule has 21 heavy (non-hydrogen) atoms. The lowest BCUT2D eigenvalue weighted by Gasteiger charge is -2.33. The third-order valence-electron chi connectivity index (χ3n) is 4.21. The number of aliphatic carboxylic acids is 1. The minimum atomic E-state index is -0.727. The van der Waals surface area contributed by atoms with Crippen molar-refractivity contribution in [1.29, 1.82) is 0 Å². The van der Waals surface area contributed by atoms with E-state index < -0.39 is 5.97 Å². The summed E-state index contributed by atoms with van der Waals surface area (Å²) < 4.78 is 0. The molecule has 2 N–H and O–H groups in total. The van der Waals surface area contributed by atoms with Gasteiger partial charge in [0.05, 0.1) is 0 Å². The quantitative estimate of drug-likeness (QED) is 0.641. The van der Waals surface area contributed by atoms with Gasteiger partial charge in [0.1, 0.15) is 0 Å². The van der Waals surface area contributed by atoms with E-state index in [-0.39, 0.29) is 12.5 Å². The maximum atomic E-state index is 12.2. The summed E-state index contributed by atoms with van der Waals surface area (Å²) in [6.45, 7) is 3.50. The van der Waals surface area contributed by atoms with Crippen LogP contribution >= 0.6 is 0 Å². The van der Waals surface area contributed by atoms with Crippen molar-refractivity contribution < 1.29 is 14.7 Å². The molecule has 0 bridgehead atoms. The van der Waals surface area contributed by atoms with E-state index >= 15 is 0 Å². The molecule has 2 amide bonds. The van der Waals surface area contributed by atoms with Gasteiger partial charge in [-0.2, -0.15) is 0 Å². The van der Waals surface area contributed by atoms with Crippen LogP contribution in [0.15, 0.2) is 0 Å². The van der Waals surface area contributed by atoms with Crippen molar-refractivity contribution in [3.63, 3.8) is 0 Å². The Morgan fingerprint density at radius 2 is 1.76 bits per heavy atom. The maximum absolute atomic E-state index is 12.2. The van der Waals surface area contributed by atoms with Crippen LogP contribution in [-0.2, 0) is 4.79 Å². The molecule has 0 saturated heterocycles. The molecule has 1 fully saturated rings. The summed E-state index contributed by atoms with van der Waals surface area (Å²) >= 11 is 0. The van der Waals surface area contributed by atoms with Crippen molar-refractivity contribution in [3.8, 4) is 0 Å². The third-order valence-corrected chi connectivity index (χ3v) is 4.21. The SMILES string of the molecule is CCN(C(=O)NCCCCCCC(=O)O)C1CCCCC1. The number of amides is 2. The zero-order valence-corrected chi connectivity index (χ0v) is 13.3. The number of urea groups is 1. The number of carboxylic acids is 1. The van der Waals surface area contributed by atoms with Crippen LogP contribution in [0.1, 0.15) is 71.1 Å². The van der Waals surface area contributed by atoms with Crippen molar-refractivity contribution in [2.75, 3.05) is 13.1 Å². The van der Waals surface area contributed by atoms with Gasteiger partial charge in [-0.05, 0) is 32.6 Å². The van der Waals surface area contributed by atoms with Gasteiger partial charge >= 0.3 is 12.0 Å². The van der Waals surface area contributed by atoms with Crippen molar-refractivity contribution >= 4 is 12.0 Å². The molecule has 122 valence electrons. The van der Waals surface area contributed by atoms with Crippen LogP contribution in [0.5, 0.6) is 0 Å². The van der Waals surface area contributed by atoms with Crippen LogP contribution in [0.4, 0.5) is 4.79 Å². The van der Waals surface area contributed by atoms with Gasteiger partial charge in [0.25, 0.3) is 0 Å². The van der Waals surface area contributed by atoms with Gasteiger partial charge in [0.2, 0.25) is 0 Å². The average Bonchev–Trinajstić information content (AvgIpc) is 2.48. The van der Waals surface area contributed by atoms with E-state index in [1.54, 1.807) is 0 Å². The number of nitrogens with one attached hydrogen (secondary N) is 1. The molecule has 1 saturated carbocycles. The van der Waals surface area contributed by atoms with Gasteiger partial charge in [0.15, 0.2) is 0 Å². The van der Waals surface area contributed by atoms with E-state index in [1.165, 1.54) is 19.3 Å². The fourth-order valence-corrected chi connectivity index (χ4v) is 3.01. The highest BCUT2D eigenvalue weighted by Crippen LogP contribution is 2.22. The molecule has 0 aliphatic heterocycles. The second kappa shape index (κ2) is 10.5. The first-order valence-corrected chi connectivity index (χ1v) is 8.41. The number of nitrogens with zero attached hydrogens (tertiary/aromatic N) is 1. The lowest BCUT2D eigenvalue weighted by Crippen LogP contribution is -2.47. The average molecular weight is 298 g/mol. The molecule has 5 nitrogen and oxygen atoms in total. The zero-order chi connectivity index (χ0) is 15.5. The van der Waals surface area contributed by atoms with E-state index in [1.807, 2.05) is 11.8 Å². The second-order valence-electron chi connectivity index (χ2n) is 5.87. The molecule has 0 heterocycles. The Labute approximate surface area is 128 Å². The molecule has 1 aliphatic rings. The van der Waals surface area contributed by atoms with Crippen molar-refractivity contribution in [2.45, 2.75) is 77.2 Å². The summed E-state index contributed by atoms with van der Waals surface area (Å²) in [7, 11) is 0. The lowest BCUT2D eigenvalue weighted by atomic mass is 9.94. The van der Waals surface area contributed by atoms with Crippen LogP contribution in [0, 0.1) is 0 Å². The lowest BCUT2D eigenvalue weighted by molar-refractivity contribution is -0.137. The van der Waals surface area contributed by atoms with Crippen LogP contribution in [0.3, 0.4) is 0 Å². The van der Waals surface area contributed by atoms with Crippen molar-refractivity contribution in [3.05, 3.63) is 0 Å². The van der Waals surface area contributed by atoms with Crippen LogP contribution < -0.4 is 5.32 Å². The predicted molar refractivity (Wildman–Crippen MR) is 83.4 cm³/mol. The van der Waals surface area contributed by atoms with E-state index in [9.17, 15) is 9.59 Å². The minimum Gasteiger partial charge on any atom is -0.481 e. The number of hydrogen-bond acceptors (Lipinski definition) is 2. The Morgan fingerprint density at radius 3 is 2.38 bits per heavy atom. The Bertz CT molecular complexity index is 315. The van der Waals surface area contributed by atoms with Gasteiger partial charge in [-0.25, -0.2) is 4.79 Å². The maximum Gasteiger partial charge on any atom is 0.317 e.